The maximum atomic E-state index is 5.54. The zero-order valence-corrected chi connectivity index (χ0v) is 7.18. The molecule has 2 nitrogen and oxygen atoms in total. The van der Waals surface area contributed by atoms with Gasteiger partial charge in [-0.05, 0) is 17.8 Å². The van der Waals surface area contributed by atoms with Crippen molar-refractivity contribution < 1.29 is 0 Å². The molecule has 0 fully saturated rings. The minimum Gasteiger partial charge on any atom is -0.141 e. The molecule has 0 saturated carbocycles. The SMILES string of the molecule is CSc1snnc1CCl. The van der Waals surface area contributed by atoms with Crippen molar-refractivity contribution in [3.63, 3.8) is 0 Å². The van der Waals surface area contributed by atoms with E-state index in [9.17, 15) is 0 Å². The Kier molecular flexibility index (Phi) is 2.75. The minimum atomic E-state index is 0.465. The van der Waals surface area contributed by atoms with E-state index in [0.29, 0.717) is 5.88 Å². The van der Waals surface area contributed by atoms with E-state index in [-0.39, 0.29) is 0 Å². The van der Waals surface area contributed by atoms with Gasteiger partial charge in [0.15, 0.2) is 0 Å². The molecule has 1 heterocycles. The summed E-state index contributed by atoms with van der Waals surface area (Å²) in [7, 11) is 0. The van der Waals surface area contributed by atoms with Crippen LogP contribution in [0.4, 0.5) is 0 Å². The second kappa shape index (κ2) is 3.39. The van der Waals surface area contributed by atoms with Crippen LogP contribution in [0.5, 0.6) is 0 Å². The number of halogens is 1. The number of thioether (sulfide) groups is 1. The molecule has 9 heavy (non-hydrogen) atoms. The van der Waals surface area contributed by atoms with Gasteiger partial charge in [-0.3, -0.25) is 0 Å². The monoisotopic (exact) mass is 180 g/mol. The fraction of sp³-hybridized carbons (Fsp3) is 0.500. The van der Waals surface area contributed by atoms with Crippen LogP contribution in [-0.2, 0) is 5.88 Å². The predicted octanol–water partition coefficient (Wildman–Crippen LogP) is 2.00. The third-order valence-corrected chi connectivity index (χ3v) is 2.98. The summed E-state index contributed by atoms with van der Waals surface area (Å²) < 4.78 is 4.87. The maximum Gasteiger partial charge on any atom is 0.105 e. The molecule has 0 unspecified atom stereocenters. The van der Waals surface area contributed by atoms with Crippen LogP contribution in [0.3, 0.4) is 0 Å². The fourth-order valence-electron chi connectivity index (χ4n) is 0.437. The molecule has 0 saturated heterocycles. The molecule has 0 aromatic carbocycles. The lowest BCUT2D eigenvalue weighted by Crippen LogP contribution is -1.77. The third kappa shape index (κ3) is 1.56. The number of hydrogen-bond acceptors (Lipinski definition) is 4. The number of nitrogens with zero attached hydrogens (tertiary/aromatic N) is 2. The van der Waals surface area contributed by atoms with Crippen LogP contribution in [-0.4, -0.2) is 15.8 Å². The lowest BCUT2D eigenvalue weighted by atomic mass is 10.6. The van der Waals surface area contributed by atoms with E-state index in [0.717, 1.165) is 9.90 Å². The Morgan fingerprint density at radius 1 is 1.78 bits per heavy atom. The van der Waals surface area contributed by atoms with Crippen molar-refractivity contribution in [3.05, 3.63) is 5.69 Å². The number of hydrogen-bond donors (Lipinski definition) is 0. The summed E-state index contributed by atoms with van der Waals surface area (Å²) in [5.41, 5.74) is 0.897. The molecule has 1 rings (SSSR count). The summed E-state index contributed by atoms with van der Waals surface area (Å²) in [6.07, 6.45) is 1.99. The van der Waals surface area contributed by atoms with Crippen molar-refractivity contribution in [1.82, 2.24) is 9.59 Å². The van der Waals surface area contributed by atoms with Crippen LogP contribution in [0.1, 0.15) is 5.69 Å². The van der Waals surface area contributed by atoms with Crippen molar-refractivity contribution in [2.75, 3.05) is 6.26 Å². The lowest BCUT2D eigenvalue weighted by Gasteiger charge is -1.86. The molecular formula is C4H5ClN2S2. The summed E-state index contributed by atoms with van der Waals surface area (Å²) in [5.74, 6) is 0.465. The zero-order chi connectivity index (χ0) is 6.69. The largest absolute Gasteiger partial charge is 0.141 e. The molecule has 0 spiro atoms. The van der Waals surface area contributed by atoms with Crippen LogP contribution < -0.4 is 0 Å². The average Bonchev–Trinajstić information content (AvgIpc) is 2.33. The van der Waals surface area contributed by atoms with E-state index in [1.165, 1.54) is 11.5 Å². The second-order valence-corrected chi connectivity index (χ2v) is 3.44. The van der Waals surface area contributed by atoms with E-state index < -0.39 is 0 Å². The summed E-state index contributed by atoms with van der Waals surface area (Å²) in [6.45, 7) is 0. The van der Waals surface area contributed by atoms with Crippen LogP contribution in [0.25, 0.3) is 0 Å². The molecule has 0 radical (unpaired) electrons. The Morgan fingerprint density at radius 2 is 2.56 bits per heavy atom. The summed E-state index contributed by atoms with van der Waals surface area (Å²) >= 11 is 8.57. The topological polar surface area (TPSA) is 25.8 Å². The van der Waals surface area contributed by atoms with Crippen molar-refractivity contribution in [3.8, 4) is 0 Å². The highest BCUT2D eigenvalue weighted by Crippen LogP contribution is 2.22. The fourth-order valence-corrected chi connectivity index (χ4v) is 1.96. The van der Waals surface area contributed by atoms with Gasteiger partial charge >= 0.3 is 0 Å². The molecule has 5 heteroatoms. The van der Waals surface area contributed by atoms with Crippen LogP contribution in [0.15, 0.2) is 4.21 Å². The second-order valence-electron chi connectivity index (χ2n) is 1.34. The smallest absolute Gasteiger partial charge is 0.105 e. The first kappa shape index (κ1) is 7.31. The van der Waals surface area contributed by atoms with Gasteiger partial charge in [-0.2, -0.15) is 0 Å². The van der Waals surface area contributed by atoms with E-state index >= 15 is 0 Å². The Balaban J connectivity index is 2.85. The van der Waals surface area contributed by atoms with Crippen LogP contribution in [0.2, 0.25) is 0 Å². The van der Waals surface area contributed by atoms with Crippen molar-refractivity contribution in [1.29, 1.82) is 0 Å². The van der Waals surface area contributed by atoms with Crippen LogP contribution in [0, 0.1) is 0 Å². The zero-order valence-electron chi connectivity index (χ0n) is 4.80. The molecule has 0 atom stereocenters. The van der Waals surface area contributed by atoms with Crippen molar-refractivity contribution in [2.24, 2.45) is 0 Å². The van der Waals surface area contributed by atoms with Gasteiger partial charge in [-0.25, -0.2) is 0 Å². The molecular weight excluding hydrogens is 176 g/mol. The third-order valence-electron chi connectivity index (χ3n) is 0.833. The minimum absolute atomic E-state index is 0.465. The average molecular weight is 181 g/mol. The Morgan fingerprint density at radius 3 is 3.00 bits per heavy atom. The first-order valence-corrected chi connectivity index (χ1v) is 4.83. The number of alkyl halides is 1. The van der Waals surface area contributed by atoms with Crippen LogP contribution >= 0.6 is 34.9 Å². The van der Waals surface area contributed by atoms with Crippen molar-refractivity contribution >= 4 is 34.9 Å². The normalized spacial score (nSPS) is 10.0. The van der Waals surface area contributed by atoms with Gasteiger partial charge in [0.2, 0.25) is 0 Å². The standard InChI is InChI=1S/C4H5ClN2S2/c1-8-4-3(2-5)6-7-9-4/h2H2,1H3. The lowest BCUT2D eigenvalue weighted by molar-refractivity contribution is 1.05. The van der Waals surface area contributed by atoms with E-state index in [1.807, 2.05) is 6.26 Å². The summed E-state index contributed by atoms with van der Waals surface area (Å²) in [6, 6.07) is 0. The van der Waals surface area contributed by atoms with Gasteiger partial charge in [-0.1, -0.05) is 4.49 Å². The molecule has 0 N–H and O–H groups in total. The first-order valence-electron chi connectivity index (χ1n) is 2.29. The van der Waals surface area contributed by atoms with Gasteiger partial charge in [0, 0.05) is 0 Å². The Labute approximate surface area is 66.8 Å². The van der Waals surface area contributed by atoms with E-state index in [4.69, 9.17) is 11.6 Å². The summed E-state index contributed by atoms with van der Waals surface area (Å²) in [5, 5.41) is 3.82. The molecule has 0 aliphatic carbocycles. The van der Waals surface area contributed by atoms with Crippen molar-refractivity contribution in [2.45, 2.75) is 10.1 Å². The number of rotatable bonds is 2. The number of aromatic nitrogens is 2. The molecule has 0 aliphatic heterocycles. The highest BCUT2D eigenvalue weighted by Gasteiger charge is 2.02. The molecule has 0 amide bonds. The Bertz CT molecular complexity index is 170. The van der Waals surface area contributed by atoms with E-state index in [1.54, 1.807) is 11.8 Å². The van der Waals surface area contributed by atoms with Gasteiger partial charge < -0.3 is 0 Å². The quantitative estimate of drug-likeness (QED) is 0.515. The molecule has 0 aliphatic rings. The first-order chi connectivity index (χ1) is 4.38. The van der Waals surface area contributed by atoms with Gasteiger partial charge in [0.05, 0.1) is 5.88 Å². The maximum absolute atomic E-state index is 5.54. The van der Waals surface area contributed by atoms with Gasteiger partial charge in [0.25, 0.3) is 0 Å². The highest BCUT2D eigenvalue weighted by molar-refractivity contribution is 8.00. The molecule has 0 bridgehead atoms. The predicted molar refractivity (Wildman–Crippen MR) is 41.2 cm³/mol. The molecule has 1 aromatic heterocycles. The van der Waals surface area contributed by atoms with Gasteiger partial charge in [0.1, 0.15) is 9.90 Å². The Hall–Kier alpha value is 0.200. The van der Waals surface area contributed by atoms with Gasteiger partial charge in [-0.15, -0.1) is 28.5 Å². The molecule has 50 valence electrons. The highest BCUT2D eigenvalue weighted by atomic mass is 35.5. The summed E-state index contributed by atoms with van der Waals surface area (Å²) in [4.78, 5) is 0. The molecule has 1 aromatic rings. The van der Waals surface area contributed by atoms with E-state index in [2.05, 4.69) is 9.59 Å².